The molecule has 122 valence electrons. The van der Waals surface area contributed by atoms with Crippen LogP contribution in [0.3, 0.4) is 0 Å². The molecule has 6 nitrogen and oxygen atoms in total. The van der Waals surface area contributed by atoms with Crippen LogP contribution >= 0.6 is 0 Å². The van der Waals surface area contributed by atoms with E-state index in [2.05, 4.69) is 10.6 Å². The number of carbonyl (C=O) groups excluding carboxylic acids is 1. The van der Waals surface area contributed by atoms with Crippen molar-refractivity contribution in [1.29, 1.82) is 0 Å². The summed E-state index contributed by atoms with van der Waals surface area (Å²) in [5, 5.41) is 14.9. The molecule has 0 aromatic carbocycles. The molecule has 1 saturated heterocycles. The molecule has 2 amide bonds. The van der Waals surface area contributed by atoms with Gasteiger partial charge < -0.3 is 20.5 Å². The molecule has 1 fully saturated rings. The summed E-state index contributed by atoms with van der Waals surface area (Å²) in [6.07, 6.45) is 4.16. The number of aliphatic carboxylic acids is 1. The number of carboxylic acid groups (broad SMARTS) is 1. The third-order valence-electron chi connectivity index (χ3n) is 4.53. The van der Waals surface area contributed by atoms with Crippen LogP contribution in [-0.2, 0) is 9.53 Å². The van der Waals surface area contributed by atoms with Gasteiger partial charge >= 0.3 is 12.0 Å². The van der Waals surface area contributed by atoms with Gasteiger partial charge in [0.25, 0.3) is 0 Å². The van der Waals surface area contributed by atoms with E-state index in [-0.39, 0.29) is 24.7 Å². The highest BCUT2D eigenvalue weighted by molar-refractivity contribution is 5.78. The number of nitrogens with one attached hydrogen (secondary N) is 2. The van der Waals surface area contributed by atoms with Gasteiger partial charge in [0.05, 0.1) is 17.6 Å². The lowest BCUT2D eigenvalue weighted by atomic mass is 9.82. The van der Waals surface area contributed by atoms with Crippen LogP contribution in [-0.4, -0.2) is 42.4 Å². The topological polar surface area (TPSA) is 87.7 Å². The number of amides is 2. The molecule has 2 unspecified atom stereocenters. The molecule has 6 heteroatoms. The van der Waals surface area contributed by atoms with Gasteiger partial charge in [0.1, 0.15) is 0 Å². The van der Waals surface area contributed by atoms with Gasteiger partial charge in [-0.1, -0.05) is 13.8 Å². The number of urea groups is 1. The molecule has 1 rings (SSSR count). The number of hydrogen-bond acceptors (Lipinski definition) is 3. The number of carbonyl (C=O) groups is 2. The molecule has 1 heterocycles. The van der Waals surface area contributed by atoms with Crippen molar-refractivity contribution in [3.63, 3.8) is 0 Å². The van der Waals surface area contributed by atoms with Crippen LogP contribution in [0.25, 0.3) is 0 Å². The Balaban J connectivity index is 2.43. The van der Waals surface area contributed by atoms with E-state index < -0.39 is 11.4 Å². The average Bonchev–Trinajstić information content (AvgIpc) is 2.49. The maximum absolute atomic E-state index is 11.9. The van der Waals surface area contributed by atoms with Crippen LogP contribution in [0.2, 0.25) is 0 Å². The SMILES string of the molecule is CCC(CC)(CNC(=O)NC(C)C1CCCCO1)C(=O)O. The highest BCUT2D eigenvalue weighted by Crippen LogP contribution is 2.25. The van der Waals surface area contributed by atoms with Crippen LogP contribution < -0.4 is 10.6 Å². The molecular formula is C15H28N2O4. The standard InChI is InChI=1S/C15H28N2O4/c1-4-15(5-2,13(18)19)10-16-14(20)17-11(3)12-8-6-7-9-21-12/h11-12H,4-10H2,1-3H3,(H,18,19)(H2,16,17,20). The van der Waals surface area contributed by atoms with E-state index in [0.29, 0.717) is 12.8 Å². The zero-order valence-electron chi connectivity index (χ0n) is 13.3. The van der Waals surface area contributed by atoms with Crippen molar-refractivity contribution in [2.24, 2.45) is 5.41 Å². The molecule has 0 radical (unpaired) electrons. The van der Waals surface area contributed by atoms with Crippen molar-refractivity contribution in [3.8, 4) is 0 Å². The molecule has 0 aliphatic carbocycles. The van der Waals surface area contributed by atoms with Gasteiger partial charge in [0, 0.05) is 13.2 Å². The van der Waals surface area contributed by atoms with Crippen LogP contribution in [0.5, 0.6) is 0 Å². The van der Waals surface area contributed by atoms with Crippen molar-refractivity contribution in [3.05, 3.63) is 0 Å². The molecule has 0 saturated carbocycles. The van der Waals surface area contributed by atoms with Gasteiger partial charge in [-0.15, -0.1) is 0 Å². The highest BCUT2D eigenvalue weighted by Gasteiger charge is 2.35. The van der Waals surface area contributed by atoms with E-state index in [1.165, 1.54) is 0 Å². The summed E-state index contributed by atoms with van der Waals surface area (Å²) in [6.45, 7) is 6.45. The summed E-state index contributed by atoms with van der Waals surface area (Å²) < 4.78 is 5.63. The predicted octanol–water partition coefficient (Wildman–Crippen LogP) is 2.13. The number of hydrogen-bond donors (Lipinski definition) is 3. The first-order valence-corrected chi connectivity index (χ1v) is 7.84. The normalized spacial score (nSPS) is 20.6. The van der Waals surface area contributed by atoms with Crippen LogP contribution in [0.1, 0.15) is 52.9 Å². The van der Waals surface area contributed by atoms with Crippen molar-refractivity contribution in [2.45, 2.75) is 65.0 Å². The van der Waals surface area contributed by atoms with Crippen molar-refractivity contribution >= 4 is 12.0 Å². The Hall–Kier alpha value is -1.30. The molecule has 0 aromatic rings. The second kappa shape index (κ2) is 8.22. The van der Waals surface area contributed by atoms with Gasteiger partial charge in [-0.05, 0) is 39.0 Å². The molecule has 0 bridgehead atoms. The van der Waals surface area contributed by atoms with E-state index in [0.717, 1.165) is 25.9 Å². The lowest BCUT2D eigenvalue weighted by Gasteiger charge is -2.30. The van der Waals surface area contributed by atoms with E-state index in [9.17, 15) is 14.7 Å². The quantitative estimate of drug-likeness (QED) is 0.672. The van der Waals surface area contributed by atoms with Gasteiger partial charge in [0.15, 0.2) is 0 Å². The zero-order valence-corrected chi connectivity index (χ0v) is 13.3. The van der Waals surface area contributed by atoms with Gasteiger partial charge in [-0.25, -0.2) is 4.79 Å². The van der Waals surface area contributed by atoms with Gasteiger partial charge in [-0.3, -0.25) is 4.79 Å². The largest absolute Gasteiger partial charge is 0.481 e. The Kier molecular flexibility index (Phi) is 6.95. The fraction of sp³-hybridized carbons (Fsp3) is 0.867. The molecule has 3 N–H and O–H groups in total. The minimum atomic E-state index is -0.887. The van der Waals surface area contributed by atoms with Crippen molar-refractivity contribution < 1.29 is 19.4 Å². The average molecular weight is 300 g/mol. The highest BCUT2D eigenvalue weighted by atomic mass is 16.5. The third-order valence-corrected chi connectivity index (χ3v) is 4.53. The number of ether oxygens (including phenoxy) is 1. The third kappa shape index (κ3) is 4.88. The van der Waals surface area contributed by atoms with Crippen molar-refractivity contribution in [2.75, 3.05) is 13.2 Å². The Labute approximate surface area is 126 Å². The second-order valence-corrected chi connectivity index (χ2v) is 5.81. The summed E-state index contributed by atoms with van der Waals surface area (Å²) in [4.78, 5) is 23.3. The number of carboxylic acids is 1. The van der Waals surface area contributed by atoms with Crippen LogP contribution in [0.4, 0.5) is 4.79 Å². The van der Waals surface area contributed by atoms with E-state index in [4.69, 9.17) is 4.74 Å². The van der Waals surface area contributed by atoms with Crippen LogP contribution in [0, 0.1) is 5.41 Å². The lowest BCUT2D eigenvalue weighted by molar-refractivity contribution is -0.149. The Morgan fingerprint density at radius 3 is 2.48 bits per heavy atom. The van der Waals surface area contributed by atoms with Crippen LogP contribution in [0.15, 0.2) is 0 Å². The number of rotatable bonds is 7. The molecule has 1 aliphatic rings. The first-order chi connectivity index (χ1) is 9.95. The maximum Gasteiger partial charge on any atom is 0.315 e. The molecule has 21 heavy (non-hydrogen) atoms. The molecule has 1 aliphatic heterocycles. The summed E-state index contributed by atoms with van der Waals surface area (Å²) in [7, 11) is 0. The van der Waals surface area contributed by atoms with Gasteiger partial charge in [0.2, 0.25) is 0 Å². The summed E-state index contributed by atoms with van der Waals surface area (Å²) in [5.74, 6) is -0.864. The Morgan fingerprint density at radius 1 is 1.33 bits per heavy atom. The fourth-order valence-electron chi connectivity index (χ4n) is 2.64. The molecule has 0 spiro atoms. The molecule has 2 atom stereocenters. The van der Waals surface area contributed by atoms with Crippen molar-refractivity contribution in [1.82, 2.24) is 10.6 Å². The summed E-state index contributed by atoms with van der Waals surface area (Å²) in [6, 6.07) is -0.406. The molecule has 0 aromatic heterocycles. The predicted molar refractivity (Wildman–Crippen MR) is 80.2 cm³/mol. The Bertz CT molecular complexity index is 350. The lowest BCUT2D eigenvalue weighted by Crippen LogP contribution is -2.51. The fourth-order valence-corrected chi connectivity index (χ4v) is 2.64. The summed E-state index contributed by atoms with van der Waals surface area (Å²) in [5.41, 5.74) is -0.887. The van der Waals surface area contributed by atoms with E-state index >= 15 is 0 Å². The van der Waals surface area contributed by atoms with E-state index in [1.807, 2.05) is 20.8 Å². The molecular weight excluding hydrogens is 272 g/mol. The zero-order chi connectivity index (χ0) is 15.9. The monoisotopic (exact) mass is 300 g/mol. The van der Waals surface area contributed by atoms with Gasteiger partial charge in [-0.2, -0.15) is 0 Å². The van der Waals surface area contributed by atoms with E-state index in [1.54, 1.807) is 0 Å². The maximum atomic E-state index is 11.9. The Morgan fingerprint density at radius 2 is 2.00 bits per heavy atom. The first-order valence-electron chi connectivity index (χ1n) is 7.84. The smallest absolute Gasteiger partial charge is 0.315 e. The minimum absolute atomic E-state index is 0.0473. The second-order valence-electron chi connectivity index (χ2n) is 5.81. The first kappa shape index (κ1) is 17.8. The summed E-state index contributed by atoms with van der Waals surface area (Å²) >= 11 is 0. The minimum Gasteiger partial charge on any atom is -0.481 e.